The van der Waals surface area contributed by atoms with Gasteiger partial charge in [-0.25, -0.2) is 4.79 Å². The molecule has 0 unspecified atom stereocenters. The van der Waals surface area contributed by atoms with Crippen molar-refractivity contribution in [2.24, 2.45) is 0 Å². The number of hydrogen-bond acceptors (Lipinski definition) is 5. The Balaban J connectivity index is 1.39. The Morgan fingerprint density at radius 1 is 0.903 bits per heavy atom. The van der Waals surface area contributed by atoms with Crippen LogP contribution in [0.1, 0.15) is 40.9 Å². The summed E-state index contributed by atoms with van der Waals surface area (Å²) in [6, 6.07) is 21.1. The maximum Gasteiger partial charge on any atom is 0.345 e. The molecule has 5 nitrogen and oxygen atoms in total. The fourth-order valence-corrected chi connectivity index (χ4v) is 3.18. The molecule has 0 spiro atoms. The highest BCUT2D eigenvalue weighted by atomic mass is 16.7. The van der Waals surface area contributed by atoms with E-state index in [1.165, 1.54) is 0 Å². The summed E-state index contributed by atoms with van der Waals surface area (Å²) in [7, 11) is 1.65. The molecule has 0 atom stereocenters. The highest BCUT2D eigenvalue weighted by Gasteiger charge is 2.33. The van der Waals surface area contributed by atoms with Crippen molar-refractivity contribution in [1.29, 1.82) is 0 Å². The topological polar surface area (TPSA) is 56.8 Å². The Kier molecular flexibility index (Phi) is 5.55. The number of rotatable bonds is 4. The first-order valence-electron chi connectivity index (χ1n) is 9.97. The van der Waals surface area contributed by atoms with Crippen molar-refractivity contribution in [3.63, 3.8) is 0 Å². The first-order chi connectivity index (χ1) is 14.9. The van der Waals surface area contributed by atoms with E-state index in [1.807, 2.05) is 60.7 Å². The van der Waals surface area contributed by atoms with Gasteiger partial charge in [0.15, 0.2) is 0 Å². The van der Waals surface area contributed by atoms with Gasteiger partial charge in [0.2, 0.25) is 5.79 Å². The van der Waals surface area contributed by atoms with Crippen molar-refractivity contribution in [2.75, 3.05) is 12.4 Å². The van der Waals surface area contributed by atoms with E-state index < -0.39 is 5.79 Å². The molecule has 0 saturated heterocycles. The number of esters is 1. The van der Waals surface area contributed by atoms with Crippen LogP contribution in [0.2, 0.25) is 0 Å². The van der Waals surface area contributed by atoms with E-state index >= 15 is 0 Å². The molecule has 156 valence electrons. The molecule has 1 aliphatic heterocycles. The van der Waals surface area contributed by atoms with Gasteiger partial charge in [0, 0.05) is 43.3 Å². The number of anilines is 1. The van der Waals surface area contributed by atoms with Gasteiger partial charge in [0.25, 0.3) is 0 Å². The number of ether oxygens (including phenoxy) is 3. The summed E-state index contributed by atoms with van der Waals surface area (Å²) in [4.78, 5) is 12.1. The third-order valence-electron chi connectivity index (χ3n) is 4.79. The van der Waals surface area contributed by atoms with E-state index in [0.717, 1.165) is 28.1 Å². The summed E-state index contributed by atoms with van der Waals surface area (Å²) in [6.07, 6.45) is 0. The van der Waals surface area contributed by atoms with Crippen molar-refractivity contribution < 1.29 is 19.0 Å². The molecule has 3 aromatic rings. The molecule has 0 fully saturated rings. The second-order valence-corrected chi connectivity index (χ2v) is 7.63. The lowest BCUT2D eigenvalue weighted by molar-refractivity contribution is -0.127. The molecule has 3 aromatic carbocycles. The predicted octanol–water partition coefficient (Wildman–Crippen LogP) is 4.99. The van der Waals surface area contributed by atoms with E-state index in [0.29, 0.717) is 17.9 Å². The zero-order valence-electron chi connectivity index (χ0n) is 17.7. The number of nitrogens with one attached hydrogen (secondary N) is 1. The molecule has 0 radical (unpaired) electrons. The van der Waals surface area contributed by atoms with Crippen LogP contribution in [0, 0.1) is 11.8 Å². The van der Waals surface area contributed by atoms with Crippen LogP contribution in [0.4, 0.5) is 5.69 Å². The van der Waals surface area contributed by atoms with Gasteiger partial charge >= 0.3 is 5.97 Å². The molecule has 1 N–H and O–H groups in total. The second-order valence-electron chi connectivity index (χ2n) is 7.63. The van der Waals surface area contributed by atoms with Crippen molar-refractivity contribution in [1.82, 2.24) is 0 Å². The SMILES string of the molecule is COc1ccc(C#Cc2ccc(CNc3ccc4c(c3)OC(C)(C)OC4=O)cc2)cc1. The van der Waals surface area contributed by atoms with Crippen molar-refractivity contribution in [3.8, 4) is 23.3 Å². The van der Waals surface area contributed by atoms with Crippen LogP contribution >= 0.6 is 0 Å². The van der Waals surface area contributed by atoms with Crippen LogP contribution in [-0.4, -0.2) is 18.9 Å². The smallest absolute Gasteiger partial charge is 0.345 e. The normalized spacial score (nSPS) is 13.7. The van der Waals surface area contributed by atoms with Crippen molar-refractivity contribution in [3.05, 3.63) is 89.0 Å². The highest BCUT2D eigenvalue weighted by molar-refractivity contribution is 5.94. The number of carbonyl (C=O) groups excluding carboxylic acids is 1. The van der Waals surface area contributed by atoms with Crippen LogP contribution in [0.3, 0.4) is 0 Å². The van der Waals surface area contributed by atoms with Crippen molar-refractivity contribution in [2.45, 2.75) is 26.2 Å². The molecule has 1 heterocycles. The number of carbonyl (C=O) groups is 1. The maximum atomic E-state index is 12.1. The lowest BCUT2D eigenvalue weighted by Gasteiger charge is -2.31. The van der Waals surface area contributed by atoms with Gasteiger partial charge in [-0.05, 0) is 54.1 Å². The average molecular weight is 413 g/mol. The van der Waals surface area contributed by atoms with E-state index in [2.05, 4.69) is 17.2 Å². The minimum atomic E-state index is -0.967. The molecular weight excluding hydrogens is 390 g/mol. The molecule has 0 amide bonds. The van der Waals surface area contributed by atoms with Gasteiger partial charge in [-0.3, -0.25) is 0 Å². The molecular formula is C26H23NO4. The van der Waals surface area contributed by atoms with E-state index in [9.17, 15) is 4.79 Å². The van der Waals surface area contributed by atoms with Gasteiger partial charge in [-0.2, -0.15) is 0 Å². The number of hydrogen-bond donors (Lipinski definition) is 1. The van der Waals surface area contributed by atoms with Crippen LogP contribution in [-0.2, 0) is 11.3 Å². The van der Waals surface area contributed by atoms with Gasteiger partial charge in [0.05, 0.1) is 7.11 Å². The summed E-state index contributed by atoms with van der Waals surface area (Å²) in [5.41, 5.74) is 4.31. The fourth-order valence-electron chi connectivity index (χ4n) is 3.18. The third kappa shape index (κ3) is 4.99. The van der Waals surface area contributed by atoms with Crippen LogP contribution < -0.4 is 14.8 Å². The van der Waals surface area contributed by atoms with E-state index in [4.69, 9.17) is 14.2 Å². The summed E-state index contributed by atoms with van der Waals surface area (Å²) < 4.78 is 16.2. The Bertz CT molecular complexity index is 1150. The summed E-state index contributed by atoms with van der Waals surface area (Å²) in [5.74, 6) is 6.33. The zero-order chi connectivity index (χ0) is 21.8. The fraction of sp³-hybridized carbons (Fsp3) is 0.192. The molecule has 31 heavy (non-hydrogen) atoms. The summed E-state index contributed by atoms with van der Waals surface area (Å²) in [6.45, 7) is 4.07. The number of cyclic esters (lactones) is 1. The zero-order valence-corrected chi connectivity index (χ0v) is 17.7. The lowest BCUT2D eigenvalue weighted by atomic mass is 10.1. The standard InChI is InChI=1S/C26H23NO4/c1-26(2)30-24-16-21(12-15-23(24)25(28)31-26)27-17-20-8-6-18(7-9-20)4-5-19-10-13-22(29-3)14-11-19/h6-16,27H,17H2,1-3H3. The second kappa shape index (κ2) is 8.45. The first kappa shape index (κ1) is 20.4. The number of methoxy groups -OCH3 is 1. The molecule has 0 bridgehead atoms. The van der Waals surface area contributed by atoms with E-state index in [1.54, 1.807) is 27.0 Å². The molecule has 0 aliphatic carbocycles. The van der Waals surface area contributed by atoms with Crippen LogP contribution in [0.15, 0.2) is 66.7 Å². The van der Waals surface area contributed by atoms with Gasteiger partial charge < -0.3 is 19.5 Å². The third-order valence-corrected chi connectivity index (χ3v) is 4.79. The van der Waals surface area contributed by atoms with Gasteiger partial charge in [0.1, 0.15) is 17.1 Å². The van der Waals surface area contributed by atoms with Crippen LogP contribution in [0.5, 0.6) is 11.5 Å². The lowest BCUT2D eigenvalue weighted by Crippen LogP contribution is -2.38. The maximum absolute atomic E-state index is 12.1. The highest BCUT2D eigenvalue weighted by Crippen LogP contribution is 2.33. The molecule has 0 aromatic heterocycles. The van der Waals surface area contributed by atoms with Gasteiger partial charge in [-0.1, -0.05) is 24.0 Å². The summed E-state index contributed by atoms with van der Waals surface area (Å²) in [5, 5.41) is 3.36. The molecule has 5 heteroatoms. The monoisotopic (exact) mass is 413 g/mol. The summed E-state index contributed by atoms with van der Waals surface area (Å²) >= 11 is 0. The Labute approximate surface area is 182 Å². The molecule has 1 aliphatic rings. The van der Waals surface area contributed by atoms with Crippen LogP contribution in [0.25, 0.3) is 0 Å². The quantitative estimate of drug-likeness (QED) is 0.482. The van der Waals surface area contributed by atoms with E-state index in [-0.39, 0.29) is 5.97 Å². The van der Waals surface area contributed by atoms with Crippen molar-refractivity contribution >= 4 is 11.7 Å². The number of benzene rings is 3. The minimum absolute atomic E-state index is 0.371. The average Bonchev–Trinajstić information content (AvgIpc) is 2.76. The Morgan fingerprint density at radius 3 is 2.19 bits per heavy atom. The van der Waals surface area contributed by atoms with Gasteiger partial charge in [-0.15, -0.1) is 0 Å². The first-order valence-corrected chi connectivity index (χ1v) is 9.97. The molecule has 0 saturated carbocycles. The minimum Gasteiger partial charge on any atom is -0.497 e. The molecule has 4 rings (SSSR count). The largest absolute Gasteiger partial charge is 0.497 e. The Hall–Kier alpha value is -3.91. The Morgan fingerprint density at radius 2 is 1.55 bits per heavy atom. The number of fused-ring (bicyclic) bond motifs is 1. The predicted molar refractivity (Wildman–Crippen MR) is 119 cm³/mol.